The van der Waals surface area contributed by atoms with E-state index in [1.54, 1.807) is 6.20 Å². The molecule has 2 heterocycles. The van der Waals surface area contributed by atoms with E-state index in [2.05, 4.69) is 34.0 Å². The van der Waals surface area contributed by atoms with Gasteiger partial charge in [-0.05, 0) is 51.2 Å². The van der Waals surface area contributed by atoms with E-state index < -0.39 is 0 Å². The molecule has 3 N–H and O–H groups in total. The number of nitrogens with two attached hydrogens (primary N) is 1. The molecule has 0 aliphatic carbocycles. The number of rotatable bonds is 5. The molecule has 1 atom stereocenters. The summed E-state index contributed by atoms with van der Waals surface area (Å²) in [7, 11) is 4.22. The molecule has 1 saturated heterocycles. The Morgan fingerprint density at radius 1 is 1.60 bits per heavy atom. The second kappa shape index (κ2) is 6.67. The number of likely N-dealkylation sites (N-methyl/N-ethyl adjacent to an activating group) is 1. The van der Waals surface area contributed by atoms with E-state index in [0.717, 1.165) is 25.2 Å². The first-order chi connectivity index (χ1) is 9.60. The van der Waals surface area contributed by atoms with E-state index in [-0.39, 0.29) is 5.84 Å². The number of hydrogen-bond acceptors (Lipinski definition) is 5. The van der Waals surface area contributed by atoms with Crippen LogP contribution in [0.25, 0.3) is 0 Å². The van der Waals surface area contributed by atoms with Gasteiger partial charge in [0.05, 0.1) is 0 Å². The van der Waals surface area contributed by atoms with Crippen LogP contribution in [0.2, 0.25) is 0 Å². The van der Waals surface area contributed by atoms with Crippen molar-refractivity contribution < 1.29 is 5.21 Å². The van der Waals surface area contributed by atoms with Gasteiger partial charge in [0.1, 0.15) is 5.69 Å². The quantitative estimate of drug-likeness (QED) is 0.358. The highest BCUT2D eigenvalue weighted by molar-refractivity contribution is 5.95. The average molecular weight is 277 g/mol. The summed E-state index contributed by atoms with van der Waals surface area (Å²) in [6.07, 6.45) is 4.20. The van der Waals surface area contributed by atoms with Gasteiger partial charge in [0, 0.05) is 25.3 Å². The normalized spacial score (nSPS) is 20.8. The Balaban J connectivity index is 2.05. The molecule has 0 aromatic carbocycles. The van der Waals surface area contributed by atoms with E-state index >= 15 is 0 Å². The number of amidine groups is 1. The molecule has 1 fully saturated rings. The van der Waals surface area contributed by atoms with Crippen LogP contribution in [0.5, 0.6) is 0 Å². The van der Waals surface area contributed by atoms with Crippen LogP contribution in [0.4, 0.5) is 0 Å². The zero-order valence-corrected chi connectivity index (χ0v) is 12.2. The summed E-state index contributed by atoms with van der Waals surface area (Å²) in [6, 6.07) is 4.48. The van der Waals surface area contributed by atoms with Crippen molar-refractivity contribution in [1.29, 1.82) is 0 Å². The third kappa shape index (κ3) is 3.68. The maximum absolute atomic E-state index is 8.71. The van der Waals surface area contributed by atoms with E-state index in [1.807, 2.05) is 12.1 Å². The molecular formula is C14H23N5O. The lowest BCUT2D eigenvalue weighted by molar-refractivity contribution is 0.201. The van der Waals surface area contributed by atoms with Crippen molar-refractivity contribution in [3.8, 4) is 0 Å². The van der Waals surface area contributed by atoms with Crippen molar-refractivity contribution in [2.24, 2.45) is 10.9 Å². The predicted molar refractivity (Wildman–Crippen MR) is 78.7 cm³/mol. The maximum atomic E-state index is 8.71. The van der Waals surface area contributed by atoms with Crippen molar-refractivity contribution >= 4 is 5.84 Å². The van der Waals surface area contributed by atoms with Gasteiger partial charge in [-0.15, -0.1) is 0 Å². The Morgan fingerprint density at radius 3 is 3.10 bits per heavy atom. The molecule has 0 radical (unpaired) electrons. The molecule has 110 valence electrons. The number of pyridine rings is 1. The Hall–Kier alpha value is -1.66. The van der Waals surface area contributed by atoms with Crippen LogP contribution in [0.1, 0.15) is 24.1 Å². The third-order valence-electron chi connectivity index (χ3n) is 3.66. The molecule has 6 heteroatoms. The van der Waals surface area contributed by atoms with Gasteiger partial charge < -0.3 is 15.8 Å². The van der Waals surface area contributed by atoms with Crippen LogP contribution in [0, 0.1) is 0 Å². The van der Waals surface area contributed by atoms with Crippen molar-refractivity contribution in [2.75, 3.05) is 27.2 Å². The molecule has 1 aromatic heterocycles. The number of hydrogen-bond donors (Lipinski definition) is 2. The lowest BCUT2D eigenvalue weighted by atomic mass is 10.1. The standard InChI is InChI=1S/C14H23N5O/c1-18(2)10-12-4-3-7-19(12)9-11-5-6-16-13(8-11)14(15)17-20/h5-6,8,12,20H,3-4,7,9-10H2,1-2H3,(H2,15,17). The fourth-order valence-electron chi connectivity index (χ4n) is 2.73. The maximum Gasteiger partial charge on any atom is 0.188 e. The van der Waals surface area contributed by atoms with Crippen LogP contribution in [0.15, 0.2) is 23.5 Å². The minimum atomic E-state index is 0.0538. The van der Waals surface area contributed by atoms with Crippen LogP contribution >= 0.6 is 0 Å². The fourth-order valence-corrected chi connectivity index (χ4v) is 2.73. The van der Waals surface area contributed by atoms with Gasteiger partial charge in [-0.1, -0.05) is 5.16 Å². The van der Waals surface area contributed by atoms with Crippen molar-refractivity contribution in [3.63, 3.8) is 0 Å². The Kier molecular flexibility index (Phi) is 4.92. The lowest BCUT2D eigenvalue weighted by Crippen LogP contribution is -2.37. The Morgan fingerprint density at radius 2 is 2.40 bits per heavy atom. The number of oxime groups is 1. The summed E-state index contributed by atoms with van der Waals surface area (Å²) in [4.78, 5) is 8.83. The molecule has 0 saturated carbocycles. The predicted octanol–water partition coefficient (Wildman–Crippen LogP) is 0.702. The summed E-state index contributed by atoms with van der Waals surface area (Å²) >= 11 is 0. The third-order valence-corrected chi connectivity index (χ3v) is 3.66. The van der Waals surface area contributed by atoms with Gasteiger partial charge in [-0.25, -0.2) is 0 Å². The number of likely N-dealkylation sites (tertiary alicyclic amines) is 1. The highest BCUT2D eigenvalue weighted by atomic mass is 16.4. The van der Waals surface area contributed by atoms with E-state index in [9.17, 15) is 0 Å². The van der Waals surface area contributed by atoms with Gasteiger partial charge in [-0.3, -0.25) is 9.88 Å². The van der Waals surface area contributed by atoms with Crippen molar-refractivity contribution in [2.45, 2.75) is 25.4 Å². The zero-order chi connectivity index (χ0) is 14.5. The minimum Gasteiger partial charge on any atom is -0.409 e. The molecule has 2 rings (SSSR count). The van der Waals surface area contributed by atoms with Crippen LogP contribution in [-0.4, -0.2) is 59.1 Å². The summed E-state index contributed by atoms with van der Waals surface area (Å²) < 4.78 is 0. The minimum absolute atomic E-state index is 0.0538. The highest BCUT2D eigenvalue weighted by Gasteiger charge is 2.24. The highest BCUT2D eigenvalue weighted by Crippen LogP contribution is 2.20. The second-order valence-electron chi connectivity index (χ2n) is 5.56. The molecular weight excluding hydrogens is 254 g/mol. The van der Waals surface area contributed by atoms with E-state index in [4.69, 9.17) is 10.9 Å². The Bertz CT molecular complexity index is 474. The largest absolute Gasteiger partial charge is 0.409 e. The van der Waals surface area contributed by atoms with Gasteiger partial charge in [0.15, 0.2) is 5.84 Å². The van der Waals surface area contributed by atoms with Gasteiger partial charge in [-0.2, -0.15) is 0 Å². The van der Waals surface area contributed by atoms with Gasteiger partial charge in [0.2, 0.25) is 0 Å². The smallest absolute Gasteiger partial charge is 0.188 e. The average Bonchev–Trinajstić information content (AvgIpc) is 2.84. The van der Waals surface area contributed by atoms with E-state index in [0.29, 0.717) is 11.7 Å². The van der Waals surface area contributed by atoms with Crippen LogP contribution < -0.4 is 5.73 Å². The molecule has 0 amide bonds. The van der Waals surface area contributed by atoms with Crippen LogP contribution in [-0.2, 0) is 6.54 Å². The number of nitrogens with zero attached hydrogens (tertiary/aromatic N) is 4. The molecule has 6 nitrogen and oxygen atoms in total. The van der Waals surface area contributed by atoms with Gasteiger partial charge >= 0.3 is 0 Å². The molecule has 1 aliphatic heterocycles. The summed E-state index contributed by atoms with van der Waals surface area (Å²) in [6.45, 7) is 3.09. The SMILES string of the molecule is CN(C)CC1CCCN1Cc1ccnc(C(N)=NO)c1. The zero-order valence-electron chi connectivity index (χ0n) is 12.2. The molecule has 0 bridgehead atoms. The van der Waals surface area contributed by atoms with Gasteiger partial charge in [0.25, 0.3) is 0 Å². The monoisotopic (exact) mass is 277 g/mol. The first kappa shape index (κ1) is 14.7. The molecule has 1 aromatic rings. The first-order valence-corrected chi connectivity index (χ1v) is 6.91. The topological polar surface area (TPSA) is 78.0 Å². The second-order valence-corrected chi connectivity index (χ2v) is 5.56. The Labute approximate surface area is 119 Å². The number of aromatic nitrogens is 1. The van der Waals surface area contributed by atoms with Crippen molar-refractivity contribution in [3.05, 3.63) is 29.6 Å². The summed E-state index contributed by atoms with van der Waals surface area (Å²) in [5, 5.41) is 11.7. The first-order valence-electron chi connectivity index (χ1n) is 6.91. The fraction of sp³-hybridized carbons (Fsp3) is 0.571. The lowest BCUT2D eigenvalue weighted by Gasteiger charge is -2.27. The molecule has 0 spiro atoms. The molecule has 1 aliphatic rings. The molecule has 20 heavy (non-hydrogen) atoms. The summed E-state index contributed by atoms with van der Waals surface area (Å²) in [5.74, 6) is 0.0538. The van der Waals surface area contributed by atoms with Crippen LogP contribution in [0.3, 0.4) is 0 Å². The van der Waals surface area contributed by atoms with Crippen molar-refractivity contribution in [1.82, 2.24) is 14.8 Å². The van der Waals surface area contributed by atoms with E-state index in [1.165, 1.54) is 12.8 Å². The summed E-state index contributed by atoms with van der Waals surface area (Å²) in [5.41, 5.74) is 7.25. The molecule has 1 unspecified atom stereocenters.